The first-order valence-corrected chi connectivity index (χ1v) is 19.5. The molecular formula is C49H36N4S. The maximum absolute atomic E-state index is 5.07. The SMILES string of the molecule is CCCCc1ccc(-c2nc(-c3ccccc3)nc(-c3cccc(-c4cccc(-n5c6ccccc6c6c7sc8ccccc8c7ccc65)c4)c3)n2)cc1. The summed E-state index contributed by atoms with van der Waals surface area (Å²) in [6.45, 7) is 2.23. The third-order valence-corrected chi connectivity index (χ3v) is 11.6. The van der Waals surface area contributed by atoms with Crippen LogP contribution in [-0.4, -0.2) is 19.5 Å². The van der Waals surface area contributed by atoms with Crippen molar-refractivity contribution >= 4 is 53.3 Å². The zero-order valence-corrected chi connectivity index (χ0v) is 30.7. The van der Waals surface area contributed by atoms with Crippen LogP contribution in [0.1, 0.15) is 25.3 Å². The Morgan fingerprint density at radius 1 is 0.481 bits per heavy atom. The van der Waals surface area contributed by atoms with Crippen LogP contribution in [0.25, 0.3) is 93.0 Å². The zero-order chi connectivity index (χ0) is 36.0. The molecule has 54 heavy (non-hydrogen) atoms. The molecule has 0 spiro atoms. The summed E-state index contributed by atoms with van der Waals surface area (Å²) in [6, 6.07) is 58.4. The average Bonchev–Trinajstić information content (AvgIpc) is 3.79. The van der Waals surface area contributed by atoms with Crippen molar-refractivity contribution in [2.75, 3.05) is 0 Å². The lowest BCUT2D eigenvalue weighted by molar-refractivity contribution is 0.795. The molecular weight excluding hydrogens is 677 g/mol. The van der Waals surface area contributed by atoms with Crippen molar-refractivity contribution < 1.29 is 0 Å². The van der Waals surface area contributed by atoms with E-state index in [1.54, 1.807) is 0 Å². The van der Waals surface area contributed by atoms with Gasteiger partial charge in [-0.25, -0.2) is 15.0 Å². The largest absolute Gasteiger partial charge is 0.309 e. The van der Waals surface area contributed by atoms with Gasteiger partial charge in [-0.1, -0.05) is 141 Å². The normalized spacial score (nSPS) is 11.6. The Balaban J connectivity index is 1.08. The van der Waals surface area contributed by atoms with Crippen molar-refractivity contribution in [3.63, 3.8) is 0 Å². The summed E-state index contributed by atoms with van der Waals surface area (Å²) in [6.07, 6.45) is 3.44. The molecule has 0 N–H and O–H groups in total. The van der Waals surface area contributed by atoms with Gasteiger partial charge in [-0.2, -0.15) is 0 Å². The van der Waals surface area contributed by atoms with Crippen LogP contribution in [0.4, 0.5) is 0 Å². The van der Waals surface area contributed by atoms with Crippen molar-refractivity contribution in [2.24, 2.45) is 0 Å². The molecule has 3 heterocycles. The Hall–Kier alpha value is -6.43. The molecule has 0 aliphatic heterocycles. The highest BCUT2D eigenvalue weighted by atomic mass is 32.1. The van der Waals surface area contributed by atoms with E-state index < -0.39 is 0 Å². The van der Waals surface area contributed by atoms with Gasteiger partial charge in [0.2, 0.25) is 0 Å². The molecule has 7 aromatic carbocycles. The number of rotatable bonds is 8. The van der Waals surface area contributed by atoms with E-state index in [2.05, 4.69) is 157 Å². The first-order valence-electron chi connectivity index (χ1n) is 18.7. The van der Waals surface area contributed by atoms with Crippen molar-refractivity contribution in [1.29, 1.82) is 0 Å². The Morgan fingerprint density at radius 2 is 1.11 bits per heavy atom. The summed E-state index contributed by atoms with van der Waals surface area (Å²) in [5.41, 5.74) is 10.0. The average molecular weight is 713 g/mol. The van der Waals surface area contributed by atoms with E-state index >= 15 is 0 Å². The molecule has 4 nitrogen and oxygen atoms in total. The molecule has 0 atom stereocenters. The number of para-hydroxylation sites is 1. The van der Waals surface area contributed by atoms with Gasteiger partial charge in [0.25, 0.3) is 0 Å². The topological polar surface area (TPSA) is 43.6 Å². The molecule has 0 bridgehead atoms. The Morgan fingerprint density at radius 3 is 1.91 bits per heavy atom. The lowest BCUT2D eigenvalue weighted by atomic mass is 10.0. The predicted octanol–water partition coefficient (Wildman–Crippen LogP) is 13.3. The van der Waals surface area contributed by atoms with Crippen molar-refractivity contribution in [3.8, 4) is 51.0 Å². The van der Waals surface area contributed by atoms with Gasteiger partial charge in [-0.3, -0.25) is 0 Å². The fourth-order valence-electron chi connectivity index (χ4n) is 7.73. The van der Waals surface area contributed by atoms with E-state index in [1.807, 2.05) is 29.5 Å². The predicted molar refractivity (Wildman–Crippen MR) is 227 cm³/mol. The summed E-state index contributed by atoms with van der Waals surface area (Å²) < 4.78 is 5.08. The number of fused-ring (bicyclic) bond motifs is 7. The first-order chi connectivity index (χ1) is 26.7. The van der Waals surface area contributed by atoms with E-state index in [0.29, 0.717) is 17.5 Å². The van der Waals surface area contributed by atoms with Crippen molar-refractivity contribution in [1.82, 2.24) is 19.5 Å². The summed E-state index contributed by atoms with van der Waals surface area (Å²) in [5.74, 6) is 1.99. The fourth-order valence-corrected chi connectivity index (χ4v) is 8.99. The van der Waals surface area contributed by atoms with Gasteiger partial charge >= 0.3 is 0 Å². The molecule has 0 fully saturated rings. The van der Waals surface area contributed by atoms with E-state index in [9.17, 15) is 0 Å². The molecule has 258 valence electrons. The summed E-state index contributed by atoms with van der Waals surface area (Å²) in [4.78, 5) is 15.1. The minimum atomic E-state index is 0.654. The number of nitrogens with zero attached hydrogens (tertiary/aromatic N) is 4. The number of aromatic nitrogens is 4. The van der Waals surface area contributed by atoms with Crippen LogP contribution in [0.15, 0.2) is 164 Å². The summed E-state index contributed by atoms with van der Waals surface area (Å²) >= 11 is 1.89. The van der Waals surface area contributed by atoms with E-state index in [-0.39, 0.29) is 0 Å². The Bertz CT molecular complexity index is 2980. The lowest BCUT2D eigenvalue weighted by Crippen LogP contribution is -2.00. The maximum Gasteiger partial charge on any atom is 0.164 e. The molecule has 0 aliphatic carbocycles. The lowest BCUT2D eigenvalue weighted by Gasteiger charge is -2.12. The highest BCUT2D eigenvalue weighted by Crippen LogP contribution is 2.43. The summed E-state index contributed by atoms with van der Waals surface area (Å²) in [7, 11) is 0. The molecule has 0 aliphatic rings. The van der Waals surface area contributed by atoms with E-state index in [4.69, 9.17) is 15.0 Å². The minimum absolute atomic E-state index is 0.654. The van der Waals surface area contributed by atoms with Crippen LogP contribution < -0.4 is 0 Å². The molecule has 0 amide bonds. The Kier molecular flexibility index (Phi) is 8.07. The van der Waals surface area contributed by atoms with Crippen LogP contribution in [0.5, 0.6) is 0 Å². The monoisotopic (exact) mass is 712 g/mol. The second-order valence-corrected chi connectivity index (χ2v) is 14.9. The zero-order valence-electron chi connectivity index (χ0n) is 29.9. The number of aryl methyl sites for hydroxylation is 1. The standard InChI is InChI=1S/C49H36N4S/c1-2-3-13-32-24-26-34(27-25-32)48-50-47(33-14-5-4-6-15-33)51-49(52-48)37-18-11-16-35(30-37)36-17-12-19-38(31-36)53-42-22-9-7-21-41(42)45-43(53)29-28-40-39-20-8-10-23-44(39)54-46(40)45/h4-12,14-31H,2-3,13H2,1H3. The van der Waals surface area contributed by atoms with Crippen LogP contribution >= 0.6 is 11.3 Å². The number of benzene rings is 7. The molecule has 0 unspecified atom stereocenters. The Labute approximate surface area is 318 Å². The minimum Gasteiger partial charge on any atom is -0.309 e. The molecule has 10 rings (SSSR count). The third-order valence-electron chi connectivity index (χ3n) is 10.4. The van der Waals surface area contributed by atoms with Crippen molar-refractivity contribution in [2.45, 2.75) is 26.2 Å². The third kappa shape index (κ3) is 5.65. The number of unbranched alkanes of at least 4 members (excludes halogenated alkanes) is 1. The van der Waals surface area contributed by atoms with Crippen molar-refractivity contribution in [3.05, 3.63) is 169 Å². The number of hydrogen-bond acceptors (Lipinski definition) is 4. The molecule has 3 aromatic heterocycles. The highest BCUT2D eigenvalue weighted by Gasteiger charge is 2.18. The second kappa shape index (κ2) is 13.5. The smallest absolute Gasteiger partial charge is 0.164 e. The second-order valence-electron chi connectivity index (χ2n) is 13.9. The van der Waals surface area contributed by atoms with Crippen LogP contribution in [0.2, 0.25) is 0 Å². The molecule has 10 aromatic rings. The van der Waals surface area contributed by atoms with Gasteiger partial charge in [0.05, 0.1) is 11.0 Å². The fraction of sp³-hybridized carbons (Fsp3) is 0.0816. The molecule has 0 saturated heterocycles. The van der Waals surface area contributed by atoms with Crippen LogP contribution in [0.3, 0.4) is 0 Å². The molecule has 0 saturated carbocycles. The molecule has 0 radical (unpaired) electrons. The number of hydrogen-bond donors (Lipinski definition) is 0. The van der Waals surface area contributed by atoms with Crippen LogP contribution in [0, 0.1) is 0 Å². The van der Waals surface area contributed by atoms with E-state index in [0.717, 1.165) is 39.9 Å². The van der Waals surface area contributed by atoms with Gasteiger partial charge in [0, 0.05) is 53.3 Å². The maximum atomic E-state index is 5.07. The van der Waals surface area contributed by atoms with Gasteiger partial charge in [0.15, 0.2) is 17.5 Å². The van der Waals surface area contributed by atoms with Gasteiger partial charge < -0.3 is 4.57 Å². The quantitative estimate of drug-likeness (QED) is 0.158. The first kappa shape index (κ1) is 32.2. The van der Waals surface area contributed by atoms with Crippen LogP contribution in [-0.2, 0) is 6.42 Å². The van der Waals surface area contributed by atoms with E-state index in [1.165, 1.54) is 60.4 Å². The number of thiophene rings is 1. The summed E-state index contributed by atoms with van der Waals surface area (Å²) in [5, 5.41) is 5.22. The van der Waals surface area contributed by atoms with Gasteiger partial charge in [0.1, 0.15) is 0 Å². The molecule has 5 heteroatoms. The highest BCUT2D eigenvalue weighted by molar-refractivity contribution is 7.26. The van der Waals surface area contributed by atoms with Gasteiger partial charge in [-0.05, 0) is 65.9 Å². The van der Waals surface area contributed by atoms with Gasteiger partial charge in [-0.15, -0.1) is 11.3 Å².